The van der Waals surface area contributed by atoms with E-state index in [1.54, 1.807) is 0 Å². The summed E-state index contributed by atoms with van der Waals surface area (Å²) in [6.07, 6.45) is -8.36. The molecule has 3 rings (SSSR count). The van der Waals surface area contributed by atoms with Crippen molar-refractivity contribution in [2.45, 2.75) is 12.4 Å². The minimum absolute atomic E-state index is 0.0949. The van der Waals surface area contributed by atoms with E-state index in [2.05, 4.69) is 24.9 Å². The number of rotatable bonds is 2. The van der Waals surface area contributed by atoms with Gasteiger partial charge in [-0.2, -0.15) is 26.3 Å². The summed E-state index contributed by atoms with van der Waals surface area (Å²) in [7, 11) is 0. The lowest BCUT2D eigenvalue weighted by molar-refractivity contribution is -0.154. The van der Waals surface area contributed by atoms with Crippen LogP contribution >= 0.6 is 0 Å². The lowest BCUT2D eigenvalue weighted by Gasteiger charge is -2.11. The van der Waals surface area contributed by atoms with Crippen LogP contribution in [-0.2, 0) is 6.18 Å². The van der Waals surface area contributed by atoms with Crippen molar-refractivity contribution in [3.05, 3.63) is 24.2 Å². The molecule has 0 fully saturated rings. The van der Waals surface area contributed by atoms with Crippen LogP contribution in [0.25, 0.3) is 16.8 Å². The topological polar surface area (TPSA) is 65.2 Å². The average molecular weight is 337 g/mol. The third kappa shape index (κ3) is 2.83. The molecule has 0 unspecified atom stereocenters. The normalized spacial score (nSPS) is 13.0. The van der Waals surface area contributed by atoms with Crippen LogP contribution in [0.15, 0.2) is 18.3 Å². The van der Waals surface area contributed by atoms with Crippen LogP contribution in [0.5, 0.6) is 5.88 Å². The maximum Gasteiger partial charge on any atom is 0.452 e. The van der Waals surface area contributed by atoms with E-state index in [0.717, 1.165) is 0 Å². The fraction of sp³-hybridized carbons (Fsp3) is 0.273. The van der Waals surface area contributed by atoms with E-state index in [0.29, 0.717) is 4.40 Å². The zero-order chi connectivity index (χ0) is 16.8. The molecule has 23 heavy (non-hydrogen) atoms. The van der Waals surface area contributed by atoms with Crippen LogP contribution in [0.2, 0.25) is 0 Å². The van der Waals surface area contributed by atoms with Crippen molar-refractivity contribution < 1.29 is 31.1 Å². The van der Waals surface area contributed by atoms with Gasteiger partial charge in [-0.3, -0.25) is 0 Å². The van der Waals surface area contributed by atoms with E-state index < -0.39 is 36.3 Å². The predicted octanol–water partition coefficient (Wildman–Crippen LogP) is 2.63. The van der Waals surface area contributed by atoms with Crippen molar-refractivity contribution >= 4 is 16.8 Å². The fourth-order valence-electron chi connectivity index (χ4n) is 1.86. The summed E-state index contributed by atoms with van der Waals surface area (Å²) in [5.41, 5.74) is -0.950. The lowest BCUT2D eigenvalue weighted by atomic mass is 10.4. The van der Waals surface area contributed by atoms with Gasteiger partial charge < -0.3 is 4.74 Å². The number of hydrogen-bond acceptors (Lipinski definition) is 5. The van der Waals surface area contributed by atoms with Crippen LogP contribution in [0.1, 0.15) is 5.82 Å². The van der Waals surface area contributed by atoms with E-state index in [9.17, 15) is 26.3 Å². The van der Waals surface area contributed by atoms with Crippen LogP contribution in [-0.4, -0.2) is 37.3 Å². The standard InChI is InChI=1S/C11H5F6N5O/c12-10(13,14)4-23-8-7-20-21-9(11(15,16)17)22(7)6-5(19-8)2-1-3-18-6/h1-3H,4H2. The molecule has 0 aromatic carbocycles. The molecular formula is C11H5F6N5O. The molecule has 3 aromatic rings. The fourth-order valence-corrected chi connectivity index (χ4v) is 1.86. The van der Waals surface area contributed by atoms with Gasteiger partial charge in [-0.1, -0.05) is 0 Å². The van der Waals surface area contributed by atoms with Crippen molar-refractivity contribution in [2.75, 3.05) is 6.61 Å². The van der Waals surface area contributed by atoms with Gasteiger partial charge in [0.2, 0.25) is 11.5 Å². The molecule has 3 aromatic heterocycles. The molecule has 6 nitrogen and oxygen atoms in total. The number of nitrogens with zero attached hydrogens (tertiary/aromatic N) is 5. The van der Waals surface area contributed by atoms with E-state index in [4.69, 9.17) is 0 Å². The van der Waals surface area contributed by atoms with Crippen molar-refractivity contribution in [1.29, 1.82) is 0 Å². The van der Waals surface area contributed by atoms with Crippen LogP contribution < -0.4 is 4.74 Å². The minimum atomic E-state index is -4.88. The highest BCUT2D eigenvalue weighted by Crippen LogP contribution is 2.32. The van der Waals surface area contributed by atoms with Gasteiger partial charge in [0.15, 0.2) is 12.3 Å². The summed E-state index contributed by atoms with van der Waals surface area (Å²) in [6.45, 7) is -1.73. The van der Waals surface area contributed by atoms with Gasteiger partial charge >= 0.3 is 12.4 Å². The van der Waals surface area contributed by atoms with Crippen LogP contribution in [0.4, 0.5) is 26.3 Å². The Morgan fingerprint density at radius 1 is 1.04 bits per heavy atom. The molecule has 12 heteroatoms. The van der Waals surface area contributed by atoms with Crippen molar-refractivity contribution in [3.63, 3.8) is 0 Å². The molecule has 0 aliphatic carbocycles. The molecule has 0 aliphatic rings. The number of halogens is 6. The Morgan fingerprint density at radius 2 is 1.78 bits per heavy atom. The third-order valence-electron chi connectivity index (χ3n) is 2.68. The zero-order valence-electron chi connectivity index (χ0n) is 10.9. The Labute approximate surface area is 122 Å². The highest BCUT2D eigenvalue weighted by Gasteiger charge is 2.39. The SMILES string of the molecule is FC(F)(F)COc1nc2cccnc2n2c(C(F)(F)F)nnc12. The Kier molecular flexibility index (Phi) is 3.26. The molecular weight excluding hydrogens is 332 g/mol. The molecule has 0 saturated heterocycles. The maximum atomic E-state index is 13.0. The molecule has 0 aliphatic heterocycles. The van der Waals surface area contributed by atoms with Crippen molar-refractivity contribution in [3.8, 4) is 5.88 Å². The second kappa shape index (κ2) is 4.93. The molecule has 0 atom stereocenters. The number of aromatic nitrogens is 5. The summed E-state index contributed by atoms with van der Waals surface area (Å²) in [6, 6.07) is 2.65. The summed E-state index contributed by atoms with van der Waals surface area (Å²) in [4.78, 5) is 7.47. The van der Waals surface area contributed by atoms with Crippen LogP contribution in [0.3, 0.4) is 0 Å². The first-order valence-electron chi connectivity index (χ1n) is 5.93. The summed E-state index contributed by atoms with van der Waals surface area (Å²) in [5.74, 6) is -2.15. The third-order valence-corrected chi connectivity index (χ3v) is 2.68. The number of hydrogen-bond donors (Lipinski definition) is 0. The predicted molar refractivity (Wildman–Crippen MR) is 62.6 cm³/mol. The zero-order valence-corrected chi connectivity index (χ0v) is 10.9. The van der Waals surface area contributed by atoms with E-state index in [1.807, 2.05) is 0 Å². The van der Waals surface area contributed by atoms with Gasteiger partial charge in [-0.15, -0.1) is 10.2 Å². The maximum absolute atomic E-state index is 13.0. The Balaban J connectivity index is 2.26. The van der Waals surface area contributed by atoms with Gasteiger partial charge in [0, 0.05) is 6.20 Å². The molecule has 0 N–H and O–H groups in total. The number of fused-ring (bicyclic) bond motifs is 3. The van der Waals surface area contributed by atoms with Crippen molar-refractivity contribution in [1.82, 2.24) is 24.6 Å². The number of alkyl halides is 6. The summed E-state index contributed by atoms with van der Waals surface area (Å²) in [5, 5.41) is 6.20. The quantitative estimate of drug-likeness (QED) is 0.673. The molecule has 0 amide bonds. The smallest absolute Gasteiger partial charge is 0.452 e. The first-order valence-corrected chi connectivity index (χ1v) is 5.93. The highest BCUT2D eigenvalue weighted by atomic mass is 19.4. The molecule has 122 valence electrons. The van der Waals surface area contributed by atoms with E-state index >= 15 is 0 Å². The van der Waals surface area contributed by atoms with E-state index in [1.165, 1.54) is 18.3 Å². The first kappa shape index (κ1) is 15.2. The number of ether oxygens (including phenoxy) is 1. The average Bonchev–Trinajstić information content (AvgIpc) is 2.89. The lowest BCUT2D eigenvalue weighted by Crippen LogP contribution is -2.20. The largest absolute Gasteiger partial charge is 0.465 e. The van der Waals surface area contributed by atoms with Gasteiger partial charge in [0.1, 0.15) is 5.52 Å². The second-order valence-electron chi connectivity index (χ2n) is 4.35. The second-order valence-corrected chi connectivity index (χ2v) is 4.35. The van der Waals surface area contributed by atoms with E-state index in [-0.39, 0.29) is 11.2 Å². The van der Waals surface area contributed by atoms with Gasteiger partial charge in [0.05, 0.1) is 0 Å². The van der Waals surface area contributed by atoms with Crippen molar-refractivity contribution in [2.24, 2.45) is 0 Å². The first-order chi connectivity index (χ1) is 10.7. The highest BCUT2D eigenvalue weighted by molar-refractivity contribution is 5.76. The van der Waals surface area contributed by atoms with Crippen LogP contribution in [0, 0.1) is 0 Å². The van der Waals surface area contributed by atoms with Gasteiger partial charge in [0.25, 0.3) is 5.88 Å². The Bertz CT molecular complexity index is 871. The van der Waals surface area contributed by atoms with Gasteiger partial charge in [-0.25, -0.2) is 14.4 Å². The Hall–Kier alpha value is -2.66. The Morgan fingerprint density at radius 3 is 2.43 bits per heavy atom. The monoisotopic (exact) mass is 337 g/mol. The molecule has 0 saturated carbocycles. The molecule has 0 bridgehead atoms. The molecule has 0 radical (unpaired) electrons. The molecule has 3 heterocycles. The number of pyridine rings is 1. The summed E-state index contributed by atoms with van der Waals surface area (Å²) >= 11 is 0. The molecule has 0 spiro atoms. The summed E-state index contributed by atoms with van der Waals surface area (Å²) < 4.78 is 80.7. The minimum Gasteiger partial charge on any atom is -0.465 e. The van der Waals surface area contributed by atoms with Gasteiger partial charge in [-0.05, 0) is 12.1 Å².